The summed E-state index contributed by atoms with van der Waals surface area (Å²) in [6, 6.07) is 13.5. The minimum atomic E-state index is -0.413. The van der Waals surface area contributed by atoms with Crippen molar-refractivity contribution in [2.75, 3.05) is 10.6 Å². The highest BCUT2D eigenvalue weighted by Gasteiger charge is 2.05. The monoisotopic (exact) mass is 440 g/mol. The van der Waals surface area contributed by atoms with E-state index in [4.69, 9.17) is 21.9 Å². The van der Waals surface area contributed by atoms with Gasteiger partial charge in [-0.2, -0.15) is 10.2 Å². The van der Waals surface area contributed by atoms with Crippen molar-refractivity contribution in [2.45, 2.75) is 13.8 Å². The number of carbonyl (C=O) groups excluding carboxylic acids is 1. The molecule has 0 spiro atoms. The van der Waals surface area contributed by atoms with Gasteiger partial charge in [0.2, 0.25) is 0 Å². The van der Waals surface area contributed by atoms with Crippen molar-refractivity contribution in [1.82, 2.24) is 10.9 Å². The molecular weight excluding hydrogens is 416 g/mol. The number of benzene rings is 2. The van der Waals surface area contributed by atoms with Crippen molar-refractivity contribution in [3.63, 3.8) is 0 Å². The molecular formula is C19H24N10O3. The number of nitrogens with one attached hydrogen (secondary N) is 4. The van der Waals surface area contributed by atoms with Crippen LogP contribution in [0.25, 0.3) is 0 Å². The molecule has 2 amide bonds. The Bertz CT molecular complexity index is 961. The van der Waals surface area contributed by atoms with E-state index in [1.54, 1.807) is 62.4 Å². The third kappa shape index (κ3) is 7.22. The number of hydrazone groups is 2. The smallest absolute Gasteiger partial charge is 0.323 e. The number of carbonyl (C=O) groups is 1. The van der Waals surface area contributed by atoms with Crippen LogP contribution in [0.5, 0.6) is 0 Å². The summed E-state index contributed by atoms with van der Waals surface area (Å²) in [5.41, 5.74) is 19.3. The lowest BCUT2D eigenvalue weighted by Gasteiger charge is -2.09. The summed E-state index contributed by atoms with van der Waals surface area (Å²) in [6.07, 6.45) is 0. The van der Waals surface area contributed by atoms with Gasteiger partial charge in [0, 0.05) is 11.4 Å². The maximum Gasteiger partial charge on any atom is 0.323 e. The molecule has 0 aliphatic carbocycles. The van der Waals surface area contributed by atoms with Crippen LogP contribution >= 0.6 is 0 Å². The summed E-state index contributed by atoms with van der Waals surface area (Å²) in [6.45, 7) is 3.49. The molecule has 0 aliphatic heterocycles. The number of nitrogens with two attached hydrogens (primary N) is 2. The SMILES string of the molecule is CC(=NNC(N)=NO)c1ccc(NC(=O)Nc2ccc(C(C)=NNC(N)=NO)cc2)cc1. The Labute approximate surface area is 183 Å². The summed E-state index contributed by atoms with van der Waals surface area (Å²) < 4.78 is 0. The second kappa shape index (κ2) is 11.4. The average molecular weight is 440 g/mol. The van der Waals surface area contributed by atoms with Gasteiger partial charge >= 0.3 is 6.03 Å². The Kier molecular flexibility index (Phi) is 8.36. The summed E-state index contributed by atoms with van der Waals surface area (Å²) in [5.74, 6) is -0.459. The van der Waals surface area contributed by atoms with Gasteiger partial charge in [-0.3, -0.25) is 0 Å². The molecule has 2 aromatic rings. The molecule has 32 heavy (non-hydrogen) atoms. The second-order valence-electron chi connectivity index (χ2n) is 6.32. The molecule has 13 nitrogen and oxygen atoms in total. The highest BCUT2D eigenvalue weighted by atomic mass is 16.4. The summed E-state index contributed by atoms with van der Waals surface area (Å²) in [4.78, 5) is 12.2. The first kappa shape index (κ1) is 23.5. The fourth-order valence-corrected chi connectivity index (χ4v) is 2.34. The Morgan fingerprint density at radius 3 is 1.38 bits per heavy atom. The molecule has 0 aliphatic rings. The third-order valence-corrected chi connectivity index (χ3v) is 4.01. The normalized spacial score (nSPS) is 12.8. The van der Waals surface area contributed by atoms with Crippen LogP contribution in [0.15, 0.2) is 69.0 Å². The van der Waals surface area contributed by atoms with Gasteiger partial charge in [-0.15, -0.1) is 0 Å². The number of oxime groups is 2. The molecule has 13 heteroatoms. The molecule has 0 atom stereocenters. The van der Waals surface area contributed by atoms with Crippen molar-refractivity contribution in [1.29, 1.82) is 0 Å². The van der Waals surface area contributed by atoms with Crippen molar-refractivity contribution >= 4 is 40.7 Å². The maximum absolute atomic E-state index is 12.2. The fraction of sp³-hybridized carbons (Fsp3) is 0.105. The van der Waals surface area contributed by atoms with Crippen LogP contribution < -0.4 is 33.0 Å². The average Bonchev–Trinajstić information content (AvgIpc) is 2.81. The van der Waals surface area contributed by atoms with E-state index in [0.29, 0.717) is 22.8 Å². The van der Waals surface area contributed by atoms with Crippen LogP contribution in [0.1, 0.15) is 25.0 Å². The number of nitrogens with zero attached hydrogens (tertiary/aromatic N) is 4. The number of urea groups is 1. The predicted molar refractivity (Wildman–Crippen MR) is 123 cm³/mol. The second-order valence-corrected chi connectivity index (χ2v) is 6.32. The van der Waals surface area contributed by atoms with E-state index in [-0.39, 0.29) is 11.9 Å². The lowest BCUT2D eigenvalue weighted by atomic mass is 10.1. The molecule has 0 saturated heterocycles. The highest BCUT2D eigenvalue weighted by Crippen LogP contribution is 2.13. The van der Waals surface area contributed by atoms with E-state index in [9.17, 15) is 4.79 Å². The zero-order valence-electron chi connectivity index (χ0n) is 17.4. The first-order valence-corrected chi connectivity index (χ1v) is 9.17. The van der Waals surface area contributed by atoms with Crippen molar-refractivity contribution in [2.24, 2.45) is 32.0 Å². The van der Waals surface area contributed by atoms with Crippen LogP contribution in [0, 0.1) is 0 Å². The van der Waals surface area contributed by atoms with Crippen molar-refractivity contribution in [3.05, 3.63) is 59.7 Å². The van der Waals surface area contributed by atoms with E-state index in [2.05, 4.69) is 42.0 Å². The number of hydrogen-bond acceptors (Lipinski definition) is 7. The number of anilines is 2. The van der Waals surface area contributed by atoms with Gasteiger partial charge in [0.15, 0.2) is 0 Å². The lowest BCUT2D eigenvalue weighted by Crippen LogP contribution is -2.27. The van der Waals surface area contributed by atoms with Gasteiger partial charge in [-0.05, 0) is 59.6 Å². The third-order valence-electron chi connectivity index (χ3n) is 4.01. The van der Waals surface area contributed by atoms with Gasteiger partial charge in [0.05, 0.1) is 11.4 Å². The van der Waals surface area contributed by atoms with Gasteiger partial charge < -0.3 is 32.5 Å². The highest BCUT2D eigenvalue weighted by molar-refractivity contribution is 6.03. The van der Waals surface area contributed by atoms with E-state index >= 15 is 0 Å². The molecule has 0 unspecified atom stereocenters. The molecule has 0 bridgehead atoms. The molecule has 0 radical (unpaired) electrons. The van der Waals surface area contributed by atoms with Gasteiger partial charge in [-0.25, -0.2) is 15.6 Å². The van der Waals surface area contributed by atoms with Crippen molar-refractivity contribution < 1.29 is 15.2 Å². The molecule has 0 heterocycles. The quantitative estimate of drug-likeness (QED) is 0.143. The fourth-order valence-electron chi connectivity index (χ4n) is 2.34. The van der Waals surface area contributed by atoms with Crippen molar-refractivity contribution in [3.8, 4) is 0 Å². The van der Waals surface area contributed by atoms with Crippen LogP contribution in [0.3, 0.4) is 0 Å². The van der Waals surface area contributed by atoms with Crippen LogP contribution in [0.2, 0.25) is 0 Å². The number of hydrogen-bond donors (Lipinski definition) is 8. The van der Waals surface area contributed by atoms with Crippen LogP contribution in [-0.2, 0) is 0 Å². The number of rotatable bonds is 6. The Morgan fingerprint density at radius 1 is 0.719 bits per heavy atom. The van der Waals surface area contributed by atoms with E-state index < -0.39 is 6.03 Å². The predicted octanol–water partition coefficient (Wildman–Crippen LogP) is 1.37. The molecule has 0 saturated carbocycles. The first-order chi connectivity index (χ1) is 15.3. The van der Waals surface area contributed by atoms with Gasteiger partial charge in [0.25, 0.3) is 11.9 Å². The first-order valence-electron chi connectivity index (χ1n) is 9.17. The number of amides is 2. The van der Waals surface area contributed by atoms with E-state index in [1.165, 1.54) is 0 Å². The Morgan fingerprint density at radius 2 is 1.06 bits per heavy atom. The molecule has 2 aromatic carbocycles. The van der Waals surface area contributed by atoms with Gasteiger partial charge in [0.1, 0.15) is 0 Å². The van der Waals surface area contributed by atoms with E-state index in [1.807, 2.05) is 0 Å². The van der Waals surface area contributed by atoms with E-state index in [0.717, 1.165) is 11.1 Å². The zero-order chi connectivity index (χ0) is 23.5. The summed E-state index contributed by atoms with van der Waals surface area (Å²) in [7, 11) is 0. The Balaban J connectivity index is 1.93. The standard InChI is InChI=1S/C19H24N10O3/c1-11(24-26-17(20)28-31)13-3-7-15(8-4-13)22-19(30)23-16-9-5-14(6-10-16)12(2)25-27-18(21)29-32/h3-10,31-32H,1-2H3,(H3,20,26,28)(H3,21,27,29)(H2,22,23,30). The summed E-state index contributed by atoms with van der Waals surface area (Å²) in [5, 5.41) is 35.9. The maximum atomic E-state index is 12.2. The minimum absolute atomic E-state index is 0.229. The molecule has 10 N–H and O–H groups in total. The van der Waals surface area contributed by atoms with Crippen LogP contribution in [0.4, 0.5) is 16.2 Å². The topological polar surface area (TPSA) is 207 Å². The minimum Gasteiger partial charge on any atom is -0.408 e. The number of guanidine groups is 2. The molecule has 0 fully saturated rings. The zero-order valence-corrected chi connectivity index (χ0v) is 17.4. The summed E-state index contributed by atoms with van der Waals surface area (Å²) >= 11 is 0. The molecule has 168 valence electrons. The Hall–Kier alpha value is -4.81. The molecule has 2 rings (SSSR count). The van der Waals surface area contributed by atoms with Crippen LogP contribution in [-0.4, -0.2) is 39.8 Å². The lowest BCUT2D eigenvalue weighted by molar-refractivity contribution is 0.262. The van der Waals surface area contributed by atoms with Gasteiger partial charge in [-0.1, -0.05) is 24.3 Å². The molecule has 0 aromatic heterocycles. The largest absolute Gasteiger partial charge is 0.408 e.